The van der Waals surface area contributed by atoms with Crippen molar-refractivity contribution in [3.8, 4) is 0 Å². The van der Waals surface area contributed by atoms with Crippen LogP contribution in [0.4, 0.5) is 5.13 Å². The van der Waals surface area contributed by atoms with Gasteiger partial charge in [0.05, 0.1) is 10.2 Å². The molecule has 0 aliphatic carbocycles. The molecule has 0 aliphatic rings. The smallest absolute Gasteiger partial charge is 0.306 e. The van der Waals surface area contributed by atoms with Crippen LogP contribution in [0.5, 0.6) is 0 Å². The van der Waals surface area contributed by atoms with Crippen LogP contribution in [0.3, 0.4) is 0 Å². The van der Waals surface area contributed by atoms with Crippen molar-refractivity contribution < 1.29 is 8.42 Å². The Balaban J connectivity index is 2.01. The molecule has 0 aliphatic heterocycles. The van der Waals surface area contributed by atoms with Gasteiger partial charge in [-0.3, -0.25) is 9.52 Å². The molecule has 0 saturated heterocycles. The number of nitrogens with one attached hydrogen (secondary N) is 2. The monoisotopic (exact) mass is 327 g/mol. The summed E-state index contributed by atoms with van der Waals surface area (Å²) < 4.78 is 27.7. The molecule has 2 aromatic heterocycles. The molecule has 9 heteroatoms. The third-order valence-corrected chi connectivity index (χ3v) is 6.57. The molecule has 0 saturated carbocycles. The van der Waals surface area contributed by atoms with Crippen molar-refractivity contribution in [3.05, 3.63) is 39.6 Å². The molecule has 0 amide bonds. The van der Waals surface area contributed by atoms with Crippen LogP contribution in [-0.4, -0.2) is 18.4 Å². The topological polar surface area (TPSA) is 91.9 Å². The fraction of sp³-hybridized carbons (Fsp3) is 0.0909. The third kappa shape index (κ3) is 2.35. The molecule has 0 unspecified atom stereocenters. The maximum Gasteiger partial charge on any atom is 0.306 e. The highest BCUT2D eigenvalue weighted by atomic mass is 32.2. The van der Waals surface area contributed by atoms with Crippen molar-refractivity contribution >= 4 is 48.0 Å². The van der Waals surface area contributed by atoms with Crippen molar-refractivity contribution in [2.24, 2.45) is 0 Å². The second-order valence-corrected chi connectivity index (χ2v) is 7.91. The summed E-state index contributed by atoms with van der Waals surface area (Å²) in [5.74, 6) is 0. The minimum atomic E-state index is -3.79. The number of aryl methyl sites for hydroxylation is 1. The summed E-state index contributed by atoms with van der Waals surface area (Å²) >= 11 is 1.91. The van der Waals surface area contributed by atoms with Gasteiger partial charge in [-0.05, 0) is 19.1 Å². The van der Waals surface area contributed by atoms with Gasteiger partial charge in [0.2, 0.25) is 0 Å². The van der Waals surface area contributed by atoms with E-state index in [2.05, 4.69) is 14.7 Å². The Morgan fingerprint density at radius 1 is 1.25 bits per heavy atom. The number of para-hydroxylation sites is 1. The third-order valence-electron chi connectivity index (χ3n) is 2.54. The Hall–Kier alpha value is -1.71. The van der Waals surface area contributed by atoms with E-state index in [1.165, 1.54) is 11.3 Å². The molecule has 2 N–H and O–H groups in total. The van der Waals surface area contributed by atoms with Crippen LogP contribution < -0.4 is 9.60 Å². The summed E-state index contributed by atoms with van der Waals surface area (Å²) in [6, 6.07) is 7.37. The van der Waals surface area contributed by atoms with Crippen LogP contribution in [0.15, 0.2) is 33.3 Å². The standard InChI is InChI=1S/C11H9N3O3S3/c1-6-9(19-11(15)12-6)20(16,17)14-10-13-7-4-2-3-5-8(7)18-10/h2-5H,1H3,(H,12,15)(H,13,14). The summed E-state index contributed by atoms with van der Waals surface area (Å²) in [5.41, 5.74) is 1.06. The Bertz CT molecular complexity index is 903. The van der Waals surface area contributed by atoms with E-state index < -0.39 is 14.9 Å². The lowest BCUT2D eigenvalue weighted by atomic mass is 10.3. The van der Waals surface area contributed by atoms with Crippen molar-refractivity contribution in [2.45, 2.75) is 11.1 Å². The van der Waals surface area contributed by atoms with Gasteiger partial charge in [-0.1, -0.05) is 34.8 Å². The number of H-pyrrole nitrogens is 1. The fourth-order valence-electron chi connectivity index (χ4n) is 1.72. The minimum absolute atomic E-state index is 0.0123. The van der Waals surface area contributed by atoms with Crippen molar-refractivity contribution in [1.29, 1.82) is 0 Å². The van der Waals surface area contributed by atoms with Gasteiger partial charge in [0.25, 0.3) is 10.0 Å². The zero-order valence-corrected chi connectivity index (χ0v) is 12.7. The van der Waals surface area contributed by atoms with E-state index in [1.807, 2.05) is 24.3 Å². The second-order valence-electron chi connectivity index (χ2n) is 4.02. The summed E-state index contributed by atoms with van der Waals surface area (Å²) in [7, 11) is -3.79. The molecule has 0 atom stereocenters. The van der Waals surface area contributed by atoms with E-state index in [0.29, 0.717) is 17.0 Å². The predicted octanol–water partition coefficient (Wildman–Crippen LogP) is 2.16. The van der Waals surface area contributed by atoms with Crippen molar-refractivity contribution in [1.82, 2.24) is 9.97 Å². The van der Waals surface area contributed by atoms with Gasteiger partial charge in [-0.15, -0.1) is 0 Å². The molecule has 0 spiro atoms. The van der Waals surface area contributed by atoms with Gasteiger partial charge in [0.15, 0.2) is 9.34 Å². The van der Waals surface area contributed by atoms with Crippen LogP contribution >= 0.6 is 22.7 Å². The number of hydrogen-bond donors (Lipinski definition) is 2. The summed E-state index contributed by atoms with van der Waals surface area (Å²) in [6.45, 7) is 1.55. The summed E-state index contributed by atoms with van der Waals surface area (Å²) in [5, 5.41) is 0.284. The number of rotatable bonds is 3. The van der Waals surface area contributed by atoms with Gasteiger partial charge in [0, 0.05) is 5.69 Å². The SMILES string of the molecule is Cc1[nH]c(=O)sc1S(=O)(=O)Nc1nc2ccccc2s1. The summed E-state index contributed by atoms with van der Waals surface area (Å²) in [4.78, 5) is 17.5. The highest BCUT2D eigenvalue weighted by Gasteiger charge is 2.22. The number of sulfonamides is 1. The lowest BCUT2D eigenvalue weighted by molar-refractivity contribution is 0.602. The maximum atomic E-state index is 12.2. The molecule has 0 radical (unpaired) electrons. The van der Waals surface area contributed by atoms with Crippen LogP contribution in [0.2, 0.25) is 0 Å². The molecule has 104 valence electrons. The van der Waals surface area contributed by atoms with Crippen LogP contribution in [-0.2, 0) is 10.0 Å². The highest BCUT2D eigenvalue weighted by Crippen LogP contribution is 2.28. The average Bonchev–Trinajstić information content (AvgIpc) is 2.91. The molecular formula is C11H9N3O3S3. The maximum absolute atomic E-state index is 12.2. The van der Waals surface area contributed by atoms with Gasteiger partial charge >= 0.3 is 4.87 Å². The second kappa shape index (κ2) is 4.69. The first kappa shape index (κ1) is 13.3. The molecule has 0 fully saturated rings. The number of hydrogen-bond acceptors (Lipinski definition) is 6. The number of fused-ring (bicyclic) bond motifs is 1. The fourth-order valence-corrected chi connectivity index (χ4v) is 5.13. The Morgan fingerprint density at radius 2 is 2.00 bits per heavy atom. The molecule has 0 bridgehead atoms. The molecule has 6 nitrogen and oxygen atoms in total. The predicted molar refractivity (Wildman–Crippen MR) is 80.1 cm³/mol. The lowest BCUT2D eigenvalue weighted by Crippen LogP contribution is -2.12. The number of benzene rings is 1. The van der Waals surface area contributed by atoms with Crippen molar-refractivity contribution in [3.63, 3.8) is 0 Å². The molecule has 3 rings (SSSR count). The Labute approximate surface area is 122 Å². The van der Waals surface area contributed by atoms with E-state index in [0.717, 1.165) is 10.2 Å². The lowest BCUT2D eigenvalue weighted by Gasteiger charge is -2.02. The number of anilines is 1. The normalized spacial score (nSPS) is 11.8. The molecule has 3 aromatic rings. The molecular weight excluding hydrogens is 318 g/mol. The molecule has 1 aromatic carbocycles. The van der Waals surface area contributed by atoms with Gasteiger partial charge in [0.1, 0.15) is 0 Å². The Morgan fingerprint density at radius 3 is 2.65 bits per heavy atom. The Kier molecular flexibility index (Phi) is 3.11. The van der Waals surface area contributed by atoms with Gasteiger partial charge < -0.3 is 4.98 Å². The van der Waals surface area contributed by atoms with Crippen molar-refractivity contribution in [2.75, 3.05) is 4.72 Å². The van der Waals surface area contributed by atoms with E-state index in [9.17, 15) is 13.2 Å². The number of aromatic amines is 1. The first-order valence-electron chi connectivity index (χ1n) is 5.54. The first-order chi connectivity index (χ1) is 9.45. The van der Waals surface area contributed by atoms with Gasteiger partial charge in [-0.2, -0.15) is 0 Å². The minimum Gasteiger partial charge on any atom is -0.315 e. The molecule has 2 heterocycles. The summed E-state index contributed by atoms with van der Waals surface area (Å²) in [6.07, 6.45) is 0. The zero-order valence-electron chi connectivity index (χ0n) is 10.2. The van der Waals surface area contributed by atoms with Gasteiger partial charge in [-0.25, -0.2) is 13.4 Å². The van der Waals surface area contributed by atoms with E-state index >= 15 is 0 Å². The van der Waals surface area contributed by atoms with Crippen LogP contribution in [0, 0.1) is 6.92 Å². The number of thiazole rings is 2. The zero-order chi connectivity index (χ0) is 14.3. The van der Waals surface area contributed by atoms with E-state index in [-0.39, 0.29) is 9.34 Å². The highest BCUT2D eigenvalue weighted by molar-refractivity contribution is 7.94. The number of aromatic nitrogens is 2. The average molecular weight is 327 g/mol. The number of nitrogens with zero attached hydrogens (tertiary/aromatic N) is 1. The van der Waals surface area contributed by atoms with Crippen LogP contribution in [0.25, 0.3) is 10.2 Å². The molecule has 20 heavy (non-hydrogen) atoms. The van der Waals surface area contributed by atoms with Crippen LogP contribution in [0.1, 0.15) is 5.69 Å². The van der Waals surface area contributed by atoms with E-state index in [1.54, 1.807) is 6.92 Å². The largest absolute Gasteiger partial charge is 0.315 e. The first-order valence-corrected chi connectivity index (χ1v) is 8.65. The van der Waals surface area contributed by atoms with E-state index in [4.69, 9.17) is 0 Å². The quantitative estimate of drug-likeness (QED) is 0.771.